The number of rotatable bonds is 3. The van der Waals surface area contributed by atoms with E-state index in [2.05, 4.69) is 10.2 Å². The number of hydrogen-bond donors (Lipinski definition) is 2. The summed E-state index contributed by atoms with van der Waals surface area (Å²) in [6.07, 6.45) is 0. The molecule has 2 heterocycles. The molecule has 0 unspecified atom stereocenters. The number of piperazine rings is 1. The second-order valence-corrected chi connectivity index (χ2v) is 7.89. The molecule has 164 valence electrons. The molecule has 2 aliphatic rings. The van der Waals surface area contributed by atoms with Crippen LogP contribution in [0.1, 0.15) is 5.56 Å². The minimum Gasteiger partial charge on any atom is -0.507 e. The van der Waals surface area contributed by atoms with Crippen LogP contribution in [0.3, 0.4) is 0 Å². The molecule has 2 amide bonds. The Morgan fingerprint density at radius 3 is 2.50 bits per heavy atom. The highest BCUT2D eigenvalue weighted by Gasteiger charge is 2.26. The van der Waals surface area contributed by atoms with E-state index in [4.69, 9.17) is 9.47 Å². The van der Waals surface area contributed by atoms with Crippen LogP contribution in [0.15, 0.2) is 54.6 Å². The third-order valence-electron chi connectivity index (χ3n) is 5.84. The zero-order chi connectivity index (χ0) is 22.1. The lowest BCUT2D eigenvalue weighted by Gasteiger charge is -2.34. The van der Waals surface area contributed by atoms with Crippen LogP contribution in [0, 0.1) is 0 Å². The molecule has 0 bridgehead atoms. The number of phenols is 1. The normalized spacial score (nSPS) is 15.7. The second kappa shape index (κ2) is 8.39. The molecule has 8 heteroatoms. The van der Waals surface area contributed by atoms with Gasteiger partial charge in [-0.1, -0.05) is 30.3 Å². The molecular formula is C24H23N3O5. The van der Waals surface area contributed by atoms with E-state index in [-0.39, 0.29) is 12.5 Å². The van der Waals surface area contributed by atoms with Gasteiger partial charge in [-0.3, -0.25) is 14.5 Å². The van der Waals surface area contributed by atoms with Crippen molar-refractivity contribution in [2.45, 2.75) is 6.54 Å². The molecule has 32 heavy (non-hydrogen) atoms. The number of nitrogens with zero attached hydrogens (tertiary/aromatic N) is 2. The molecule has 2 N–H and O–H groups in total. The van der Waals surface area contributed by atoms with Crippen LogP contribution in [0.2, 0.25) is 0 Å². The maximum absolute atomic E-state index is 12.7. The SMILES string of the molecule is O=C(Nc1cccc2c(O)cccc12)C(=O)N1CCN(Cc2ccc3c(c2)OCO3)CC1. The van der Waals surface area contributed by atoms with E-state index in [0.717, 1.165) is 23.6 Å². The monoisotopic (exact) mass is 433 g/mol. The van der Waals surface area contributed by atoms with Gasteiger partial charge in [-0.2, -0.15) is 0 Å². The fraction of sp³-hybridized carbons (Fsp3) is 0.250. The zero-order valence-electron chi connectivity index (χ0n) is 17.4. The van der Waals surface area contributed by atoms with Crippen LogP contribution < -0.4 is 14.8 Å². The van der Waals surface area contributed by atoms with Crippen molar-refractivity contribution in [2.24, 2.45) is 0 Å². The molecule has 3 aromatic carbocycles. The summed E-state index contributed by atoms with van der Waals surface area (Å²) in [7, 11) is 0. The lowest BCUT2D eigenvalue weighted by atomic mass is 10.1. The fourth-order valence-electron chi connectivity index (χ4n) is 4.13. The molecule has 0 atom stereocenters. The van der Waals surface area contributed by atoms with E-state index >= 15 is 0 Å². The Labute approximate surface area is 184 Å². The van der Waals surface area contributed by atoms with Gasteiger partial charge in [0, 0.05) is 49.2 Å². The van der Waals surface area contributed by atoms with Crippen molar-refractivity contribution in [1.29, 1.82) is 0 Å². The van der Waals surface area contributed by atoms with Gasteiger partial charge in [0.1, 0.15) is 5.75 Å². The van der Waals surface area contributed by atoms with Crippen LogP contribution in [0.4, 0.5) is 5.69 Å². The Bertz CT molecular complexity index is 1190. The van der Waals surface area contributed by atoms with E-state index in [9.17, 15) is 14.7 Å². The number of hydrogen-bond acceptors (Lipinski definition) is 6. The van der Waals surface area contributed by atoms with Crippen molar-refractivity contribution >= 4 is 28.3 Å². The van der Waals surface area contributed by atoms with E-state index in [0.29, 0.717) is 42.6 Å². The minimum absolute atomic E-state index is 0.128. The maximum Gasteiger partial charge on any atom is 0.313 e. The topological polar surface area (TPSA) is 91.3 Å². The van der Waals surface area contributed by atoms with Gasteiger partial charge in [-0.25, -0.2) is 0 Å². The molecule has 5 rings (SSSR count). The molecule has 8 nitrogen and oxygen atoms in total. The van der Waals surface area contributed by atoms with Gasteiger partial charge >= 0.3 is 11.8 Å². The number of benzene rings is 3. The summed E-state index contributed by atoms with van der Waals surface area (Å²) < 4.78 is 10.8. The van der Waals surface area contributed by atoms with Gasteiger partial charge in [0.2, 0.25) is 6.79 Å². The van der Waals surface area contributed by atoms with Crippen molar-refractivity contribution in [1.82, 2.24) is 9.80 Å². The number of carbonyl (C=O) groups is 2. The van der Waals surface area contributed by atoms with E-state index < -0.39 is 11.8 Å². The van der Waals surface area contributed by atoms with E-state index in [1.807, 2.05) is 18.2 Å². The lowest BCUT2D eigenvalue weighted by Crippen LogP contribution is -2.51. The van der Waals surface area contributed by atoms with Crippen molar-refractivity contribution in [3.63, 3.8) is 0 Å². The first-order chi connectivity index (χ1) is 15.6. The molecule has 0 radical (unpaired) electrons. The highest BCUT2D eigenvalue weighted by molar-refractivity contribution is 6.40. The summed E-state index contributed by atoms with van der Waals surface area (Å²) in [4.78, 5) is 29.2. The third-order valence-corrected chi connectivity index (χ3v) is 5.84. The maximum atomic E-state index is 12.7. The molecule has 1 saturated heterocycles. The number of carbonyl (C=O) groups excluding carboxylic acids is 2. The molecular weight excluding hydrogens is 410 g/mol. The Hall–Kier alpha value is -3.78. The van der Waals surface area contributed by atoms with Crippen molar-refractivity contribution in [2.75, 3.05) is 38.3 Å². The number of nitrogens with one attached hydrogen (secondary N) is 1. The smallest absolute Gasteiger partial charge is 0.313 e. The predicted octanol–water partition coefficient (Wildman–Crippen LogP) is 2.56. The summed E-state index contributed by atoms with van der Waals surface area (Å²) in [6.45, 7) is 3.30. The Morgan fingerprint density at radius 2 is 1.66 bits per heavy atom. The fourth-order valence-corrected chi connectivity index (χ4v) is 4.13. The van der Waals surface area contributed by atoms with Crippen molar-refractivity contribution in [3.05, 3.63) is 60.2 Å². The molecule has 2 aliphatic heterocycles. The van der Waals surface area contributed by atoms with E-state index in [1.54, 1.807) is 41.3 Å². The summed E-state index contributed by atoms with van der Waals surface area (Å²) in [5, 5.41) is 14.0. The number of anilines is 1. The van der Waals surface area contributed by atoms with Gasteiger partial charge in [-0.15, -0.1) is 0 Å². The van der Waals surface area contributed by atoms with Gasteiger partial charge in [0.25, 0.3) is 0 Å². The standard InChI is InChI=1S/C24H23N3O5/c28-20-6-2-3-17-18(20)4-1-5-19(17)25-23(29)24(30)27-11-9-26(10-12-27)14-16-7-8-21-22(13-16)32-15-31-21/h1-8,13,28H,9-12,14-15H2,(H,25,29). The zero-order valence-corrected chi connectivity index (χ0v) is 17.4. The number of phenolic OH excluding ortho intramolecular Hbond substituents is 1. The average Bonchev–Trinajstić information content (AvgIpc) is 3.28. The van der Waals surface area contributed by atoms with Crippen LogP contribution in [0.5, 0.6) is 17.2 Å². The number of ether oxygens (including phenoxy) is 2. The van der Waals surface area contributed by atoms with E-state index in [1.165, 1.54) is 0 Å². The predicted molar refractivity (Wildman–Crippen MR) is 119 cm³/mol. The van der Waals surface area contributed by atoms with Crippen LogP contribution in [-0.2, 0) is 16.1 Å². The molecule has 0 saturated carbocycles. The van der Waals surface area contributed by atoms with Crippen molar-refractivity contribution in [3.8, 4) is 17.2 Å². The lowest BCUT2D eigenvalue weighted by molar-refractivity contribution is -0.144. The molecule has 0 spiro atoms. The Kier molecular flexibility index (Phi) is 5.28. The minimum atomic E-state index is -0.676. The van der Waals surface area contributed by atoms with Crippen LogP contribution >= 0.6 is 0 Å². The Balaban J connectivity index is 1.18. The molecule has 1 fully saturated rings. The van der Waals surface area contributed by atoms with Gasteiger partial charge in [0.15, 0.2) is 11.5 Å². The summed E-state index contributed by atoms with van der Waals surface area (Å²) in [5.41, 5.74) is 1.61. The molecule has 0 aliphatic carbocycles. The third kappa shape index (κ3) is 3.92. The first-order valence-corrected chi connectivity index (χ1v) is 10.5. The van der Waals surface area contributed by atoms with Crippen molar-refractivity contribution < 1.29 is 24.2 Å². The number of fused-ring (bicyclic) bond motifs is 2. The largest absolute Gasteiger partial charge is 0.507 e. The van der Waals surface area contributed by atoms with Crippen LogP contribution in [0.25, 0.3) is 10.8 Å². The number of aromatic hydroxyl groups is 1. The van der Waals surface area contributed by atoms with Crippen LogP contribution in [-0.4, -0.2) is 59.7 Å². The summed E-state index contributed by atoms with van der Waals surface area (Å²) >= 11 is 0. The first-order valence-electron chi connectivity index (χ1n) is 10.5. The highest BCUT2D eigenvalue weighted by Crippen LogP contribution is 2.33. The highest BCUT2D eigenvalue weighted by atomic mass is 16.7. The average molecular weight is 433 g/mol. The van der Waals surface area contributed by atoms with Gasteiger partial charge < -0.3 is 24.8 Å². The summed E-state index contributed by atoms with van der Waals surface area (Å²) in [5.74, 6) is 0.421. The molecule has 3 aromatic rings. The first kappa shape index (κ1) is 20.1. The number of amides is 2. The Morgan fingerprint density at radius 1 is 0.906 bits per heavy atom. The quantitative estimate of drug-likeness (QED) is 0.617. The second-order valence-electron chi connectivity index (χ2n) is 7.89. The summed E-state index contributed by atoms with van der Waals surface area (Å²) in [6, 6.07) is 16.2. The molecule has 0 aromatic heterocycles. The van der Waals surface area contributed by atoms with Gasteiger partial charge in [-0.05, 0) is 29.8 Å². The van der Waals surface area contributed by atoms with Gasteiger partial charge in [0.05, 0.1) is 0 Å².